The van der Waals surface area contributed by atoms with E-state index in [2.05, 4.69) is 10.0 Å². The van der Waals surface area contributed by atoms with Crippen LogP contribution in [-0.4, -0.2) is 28.1 Å². The fourth-order valence-electron chi connectivity index (χ4n) is 1.35. The third-order valence-corrected chi connectivity index (χ3v) is 4.04. The van der Waals surface area contributed by atoms with Crippen LogP contribution < -0.4 is 10.0 Å². The second kappa shape index (κ2) is 5.89. The lowest BCUT2D eigenvalue weighted by Gasteiger charge is -2.15. The molecule has 1 aromatic rings. The molecule has 0 aliphatic rings. The second-order valence-corrected chi connectivity index (χ2v) is 5.77. The Kier molecular flexibility index (Phi) is 4.94. The van der Waals surface area contributed by atoms with E-state index in [1.807, 2.05) is 0 Å². The molecule has 1 aromatic carbocycles. The fourth-order valence-corrected chi connectivity index (χ4v) is 2.71. The average molecular weight is 296 g/mol. The molecule has 0 spiro atoms. The first-order valence-corrected chi connectivity index (χ1v) is 7.00. The topological polar surface area (TPSA) is 58.2 Å². The Hall–Kier alpha value is -1.12. The molecule has 1 rings (SSSR count). The molecule has 0 amide bonds. The van der Waals surface area contributed by atoms with Crippen LogP contribution in [0.2, 0.25) is 0 Å². The minimum atomic E-state index is -4.71. The van der Waals surface area contributed by atoms with Gasteiger partial charge in [-0.2, -0.15) is 13.2 Å². The van der Waals surface area contributed by atoms with Gasteiger partial charge in [0.25, 0.3) is 0 Å². The molecule has 2 N–H and O–H groups in total. The highest BCUT2D eigenvalue weighted by molar-refractivity contribution is 7.89. The van der Waals surface area contributed by atoms with Gasteiger partial charge in [0, 0.05) is 12.6 Å². The lowest BCUT2D eigenvalue weighted by Crippen LogP contribution is -2.37. The molecule has 0 aliphatic carbocycles. The van der Waals surface area contributed by atoms with Crippen molar-refractivity contribution in [2.24, 2.45) is 0 Å². The van der Waals surface area contributed by atoms with E-state index in [9.17, 15) is 21.6 Å². The van der Waals surface area contributed by atoms with Crippen LogP contribution in [0.25, 0.3) is 0 Å². The summed E-state index contributed by atoms with van der Waals surface area (Å²) in [7, 11) is -2.56. The number of likely N-dealkylation sites (N-methyl/N-ethyl adjacent to an activating group) is 1. The maximum atomic E-state index is 12.7. The first-order valence-electron chi connectivity index (χ1n) is 5.51. The van der Waals surface area contributed by atoms with Gasteiger partial charge in [-0.05, 0) is 26.1 Å². The van der Waals surface area contributed by atoms with Gasteiger partial charge < -0.3 is 5.32 Å². The molecule has 4 nitrogen and oxygen atoms in total. The maximum absolute atomic E-state index is 12.7. The summed E-state index contributed by atoms with van der Waals surface area (Å²) in [6.45, 7) is 1.71. The lowest BCUT2D eigenvalue weighted by atomic mass is 10.2. The number of sulfonamides is 1. The van der Waals surface area contributed by atoms with Crippen LogP contribution in [0.5, 0.6) is 0 Å². The van der Waals surface area contributed by atoms with Crippen molar-refractivity contribution in [3.05, 3.63) is 29.8 Å². The molecule has 0 saturated heterocycles. The van der Waals surface area contributed by atoms with Crippen LogP contribution >= 0.6 is 0 Å². The molecule has 0 heterocycles. The van der Waals surface area contributed by atoms with Gasteiger partial charge in [-0.15, -0.1) is 0 Å². The number of hydrogen-bond donors (Lipinski definition) is 2. The smallest absolute Gasteiger partial charge is 0.316 e. The van der Waals surface area contributed by atoms with Crippen molar-refractivity contribution in [3.8, 4) is 0 Å². The monoisotopic (exact) mass is 296 g/mol. The molecule has 0 saturated carbocycles. The van der Waals surface area contributed by atoms with Crippen molar-refractivity contribution >= 4 is 10.0 Å². The minimum Gasteiger partial charge on any atom is -0.316 e. The first kappa shape index (κ1) is 15.9. The molecular formula is C11H15F3N2O2S. The highest BCUT2D eigenvalue weighted by Crippen LogP contribution is 2.33. The van der Waals surface area contributed by atoms with E-state index in [1.165, 1.54) is 6.07 Å². The molecule has 1 atom stereocenters. The summed E-state index contributed by atoms with van der Waals surface area (Å²) in [6.07, 6.45) is -4.71. The zero-order chi connectivity index (χ0) is 14.7. The molecule has 0 aromatic heterocycles. The zero-order valence-electron chi connectivity index (χ0n) is 10.5. The van der Waals surface area contributed by atoms with Gasteiger partial charge in [0.2, 0.25) is 10.0 Å². The Morgan fingerprint density at radius 3 is 2.37 bits per heavy atom. The largest absolute Gasteiger partial charge is 0.417 e. The Balaban J connectivity index is 3.09. The highest BCUT2D eigenvalue weighted by Gasteiger charge is 2.36. The summed E-state index contributed by atoms with van der Waals surface area (Å²) in [5.41, 5.74) is -1.17. The van der Waals surface area contributed by atoms with E-state index < -0.39 is 26.7 Å². The lowest BCUT2D eigenvalue weighted by molar-refractivity contribution is -0.139. The molecule has 0 aliphatic heterocycles. The second-order valence-electron chi connectivity index (χ2n) is 4.04. The predicted octanol–water partition coefficient (Wildman–Crippen LogP) is 1.59. The van der Waals surface area contributed by atoms with Crippen LogP contribution in [0.1, 0.15) is 12.5 Å². The molecule has 0 bridgehead atoms. The van der Waals surface area contributed by atoms with Crippen LogP contribution in [0, 0.1) is 0 Å². The van der Waals surface area contributed by atoms with Gasteiger partial charge in [-0.25, -0.2) is 13.1 Å². The summed E-state index contributed by atoms with van der Waals surface area (Å²) in [5.74, 6) is 0. The van der Waals surface area contributed by atoms with Crippen molar-refractivity contribution in [1.29, 1.82) is 0 Å². The van der Waals surface area contributed by atoms with Gasteiger partial charge in [0.15, 0.2) is 0 Å². The summed E-state index contributed by atoms with van der Waals surface area (Å²) >= 11 is 0. The van der Waals surface area contributed by atoms with Crippen LogP contribution in [-0.2, 0) is 16.2 Å². The number of alkyl halides is 3. The van der Waals surface area contributed by atoms with E-state index >= 15 is 0 Å². The Labute approximate surface area is 110 Å². The maximum Gasteiger partial charge on any atom is 0.417 e. The van der Waals surface area contributed by atoms with Gasteiger partial charge in [0.05, 0.1) is 10.5 Å². The molecule has 0 radical (unpaired) electrons. The van der Waals surface area contributed by atoms with Crippen molar-refractivity contribution in [1.82, 2.24) is 10.0 Å². The van der Waals surface area contributed by atoms with E-state index in [0.29, 0.717) is 0 Å². The molecule has 8 heteroatoms. The van der Waals surface area contributed by atoms with Gasteiger partial charge >= 0.3 is 6.18 Å². The first-order chi connectivity index (χ1) is 8.68. The van der Waals surface area contributed by atoms with Crippen molar-refractivity contribution < 1.29 is 21.6 Å². The highest BCUT2D eigenvalue weighted by atomic mass is 32.2. The quantitative estimate of drug-likeness (QED) is 0.867. The molecule has 19 heavy (non-hydrogen) atoms. The van der Waals surface area contributed by atoms with Gasteiger partial charge in [0.1, 0.15) is 0 Å². The molecule has 0 fully saturated rings. The van der Waals surface area contributed by atoms with Gasteiger partial charge in [-0.1, -0.05) is 12.1 Å². The fraction of sp³-hybridized carbons (Fsp3) is 0.455. The van der Waals surface area contributed by atoms with Crippen molar-refractivity contribution in [2.75, 3.05) is 13.6 Å². The average Bonchev–Trinajstić information content (AvgIpc) is 2.35. The normalized spacial score (nSPS) is 14.4. The zero-order valence-corrected chi connectivity index (χ0v) is 11.3. The third-order valence-electron chi connectivity index (χ3n) is 2.55. The van der Waals surface area contributed by atoms with Crippen LogP contribution in [0.3, 0.4) is 0 Å². The SMILES string of the molecule is CNC(C)CNS(=O)(=O)c1ccccc1C(F)(F)F. The molecule has 108 valence electrons. The van der Waals surface area contributed by atoms with Gasteiger partial charge in [-0.3, -0.25) is 0 Å². The van der Waals surface area contributed by atoms with E-state index in [-0.39, 0.29) is 12.6 Å². The number of halogens is 3. The summed E-state index contributed by atoms with van der Waals surface area (Å²) in [4.78, 5) is -0.759. The number of rotatable bonds is 5. The molecule has 1 unspecified atom stereocenters. The standard InChI is InChI=1S/C11H15F3N2O2S/c1-8(15-2)7-16-19(17,18)10-6-4-3-5-9(10)11(12,13)14/h3-6,8,15-16H,7H2,1-2H3. The van der Waals surface area contributed by atoms with Crippen molar-refractivity contribution in [2.45, 2.75) is 24.0 Å². The van der Waals surface area contributed by atoms with E-state index in [1.54, 1.807) is 14.0 Å². The minimum absolute atomic E-state index is 0.00498. The third kappa shape index (κ3) is 4.19. The van der Waals surface area contributed by atoms with E-state index in [4.69, 9.17) is 0 Å². The predicted molar refractivity (Wildman–Crippen MR) is 65.2 cm³/mol. The summed E-state index contributed by atoms with van der Waals surface area (Å²) in [5, 5.41) is 2.78. The van der Waals surface area contributed by atoms with Crippen LogP contribution in [0.15, 0.2) is 29.2 Å². The summed E-state index contributed by atoms with van der Waals surface area (Å²) in [6, 6.07) is 3.90. The number of nitrogens with one attached hydrogen (secondary N) is 2. The Bertz CT molecular complexity index is 529. The Morgan fingerprint density at radius 2 is 1.84 bits per heavy atom. The van der Waals surface area contributed by atoms with Crippen LogP contribution in [0.4, 0.5) is 13.2 Å². The summed E-state index contributed by atoms with van der Waals surface area (Å²) < 4.78 is 64.1. The number of hydrogen-bond acceptors (Lipinski definition) is 3. The number of benzene rings is 1. The molecular weight excluding hydrogens is 281 g/mol. The Morgan fingerprint density at radius 1 is 1.26 bits per heavy atom. The van der Waals surface area contributed by atoms with Crippen molar-refractivity contribution in [3.63, 3.8) is 0 Å². The van der Waals surface area contributed by atoms with E-state index in [0.717, 1.165) is 18.2 Å².